The molecule has 92 valence electrons. The molecule has 2 heterocycles. The summed E-state index contributed by atoms with van der Waals surface area (Å²) in [5, 5.41) is 0. The van der Waals surface area contributed by atoms with Crippen LogP contribution >= 0.6 is 0 Å². The Kier molecular flexibility index (Phi) is 4.38. The highest BCUT2D eigenvalue weighted by atomic mass is 32.3. The van der Waals surface area contributed by atoms with E-state index in [1.165, 1.54) is 0 Å². The first kappa shape index (κ1) is 13.4. The summed E-state index contributed by atoms with van der Waals surface area (Å²) in [6.07, 6.45) is 9.54. The number of halogens is 1. The first-order chi connectivity index (χ1) is 7.92. The Morgan fingerprint density at radius 2 is 2.18 bits per heavy atom. The normalized spacial score (nSPS) is 18.2. The summed E-state index contributed by atoms with van der Waals surface area (Å²) in [4.78, 5) is 1.12. The summed E-state index contributed by atoms with van der Waals surface area (Å²) in [5.74, 6) is 0.898. The molecule has 0 amide bonds. The number of hydrogen-bond acceptors (Lipinski definition) is 4. The molecule has 1 aliphatic heterocycles. The summed E-state index contributed by atoms with van der Waals surface area (Å²) < 4.78 is 40.6. The van der Waals surface area contributed by atoms with Gasteiger partial charge in [0.2, 0.25) is 0 Å². The van der Waals surface area contributed by atoms with Gasteiger partial charge in [-0.05, 0) is 24.8 Å². The van der Waals surface area contributed by atoms with Crippen molar-refractivity contribution in [2.24, 2.45) is 0 Å². The minimum absolute atomic E-state index is 0.898. The van der Waals surface area contributed by atoms with Gasteiger partial charge in [-0.1, -0.05) is 0 Å². The van der Waals surface area contributed by atoms with Gasteiger partial charge in [0.25, 0.3) is 10.5 Å². The number of nitrogens with one attached hydrogen (secondary N) is 1. The zero-order valence-corrected chi connectivity index (χ0v) is 9.48. The van der Waals surface area contributed by atoms with Crippen LogP contribution in [-0.2, 0) is 10.5 Å². The van der Waals surface area contributed by atoms with Crippen molar-refractivity contribution in [3.63, 3.8) is 0 Å². The Balaban J connectivity index is 0.000000249. The summed E-state index contributed by atoms with van der Waals surface area (Å²) in [7, 11) is -5.42. The minimum Gasteiger partial charge on any atom is -0.722 e. The lowest BCUT2D eigenvalue weighted by atomic mass is 10.3. The van der Waals surface area contributed by atoms with Gasteiger partial charge in [0.05, 0.1) is 12.5 Å². The van der Waals surface area contributed by atoms with Gasteiger partial charge in [-0.15, -0.1) is 3.89 Å². The van der Waals surface area contributed by atoms with Crippen molar-refractivity contribution in [3.05, 3.63) is 55.3 Å². The van der Waals surface area contributed by atoms with E-state index in [1.807, 2.05) is 36.7 Å². The van der Waals surface area contributed by atoms with E-state index in [4.69, 9.17) is 17.4 Å². The van der Waals surface area contributed by atoms with Crippen LogP contribution in [-0.4, -0.2) is 13.0 Å². The number of allylic oxidation sites excluding steroid dienone is 2. The predicted octanol–water partition coefficient (Wildman–Crippen LogP) is 0.592. The van der Waals surface area contributed by atoms with Gasteiger partial charge >= 0.3 is 0 Å². The topological polar surface area (TPSA) is 74.8 Å². The van der Waals surface area contributed by atoms with Crippen molar-refractivity contribution in [2.45, 2.75) is 0 Å². The van der Waals surface area contributed by atoms with Gasteiger partial charge in [0.1, 0.15) is 6.20 Å². The fourth-order valence-corrected chi connectivity index (χ4v) is 1.27. The molecule has 1 aromatic rings. The van der Waals surface area contributed by atoms with Crippen LogP contribution in [0.15, 0.2) is 53.9 Å². The number of hydrogen-bond donors (Lipinski definition) is 1. The molecule has 0 spiro atoms. The summed E-state index contributed by atoms with van der Waals surface area (Å²) in [6, 6.07) is 3.83. The van der Waals surface area contributed by atoms with E-state index in [0.717, 1.165) is 16.4 Å². The van der Waals surface area contributed by atoms with Crippen LogP contribution in [0.5, 0.6) is 0 Å². The molecule has 2 rings (SSSR count). The van der Waals surface area contributed by atoms with E-state index in [2.05, 4.69) is 6.58 Å². The van der Waals surface area contributed by atoms with E-state index in [1.54, 1.807) is 6.26 Å². The van der Waals surface area contributed by atoms with Crippen LogP contribution < -0.4 is 4.90 Å². The predicted molar refractivity (Wildman–Crippen MR) is 57.8 cm³/mol. The largest absolute Gasteiger partial charge is 0.722 e. The SMILES string of the molecule is C=C[NH+]1C=CC=C1c1ccco1.O=S(=O)([O-])F. The van der Waals surface area contributed by atoms with Crippen molar-refractivity contribution < 1.29 is 26.2 Å². The Morgan fingerprint density at radius 3 is 2.65 bits per heavy atom. The number of quaternary nitrogens is 1. The lowest BCUT2D eigenvalue weighted by Crippen LogP contribution is -2.98. The van der Waals surface area contributed by atoms with Crippen molar-refractivity contribution in [3.8, 4) is 0 Å². The van der Waals surface area contributed by atoms with E-state index in [-0.39, 0.29) is 0 Å². The molecule has 1 unspecified atom stereocenters. The highest BCUT2D eigenvalue weighted by Gasteiger charge is 2.17. The van der Waals surface area contributed by atoms with E-state index >= 15 is 0 Å². The summed E-state index contributed by atoms with van der Waals surface area (Å²) >= 11 is 0. The molecule has 0 aromatic carbocycles. The second-order valence-corrected chi connectivity index (χ2v) is 3.76. The molecule has 0 saturated heterocycles. The fraction of sp³-hybridized carbons (Fsp3) is 0. The van der Waals surface area contributed by atoms with E-state index in [9.17, 15) is 3.89 Å². The number of rotatable bonds is 2. The van der Waals surface area contributed by atoms with Gasteiger partial charge in [-0.2, -0.15) is 0 Å². The minimum atomic E-state index is -5.42. The highest BCUT2D eigenvalue weighted by molar-refractivity contribution is 7.80. The van der Waals surface area contributed by atoms with Gasteiger partial charge < -0.3 is 8.97 Å². The quantitative estimate of drug-likeness (QED) is 0.623. The van der Waals surface area contributed by atoms with Gasteiger partial charge in [0, 0.05) is 6.08 Å². The second kappa shape index (κ2) is 5.58. The third-order valence-corrected chi connectivity index (χ3v) is 1.86. The molecule has 0 bridgehead atoms. The lowest BCUT2D eigenvalue weighted by Gasteiger charge is -2.04. The van der Waals surface area contributed by atoms with Crippen LogP contribution in [0.2, 0.25) is 0 Å². The van der Waals surface area contributed by atoms with Crippen LogP contribution in [0.4, 0.5) is 3.89 Å². The zero-order chi connectivity index (χ0) is 12.9. The third kappa shape index (κ3) is 4.77. The van der Waals surface area contributed by atoms with E-state index < -0.39 is 10.5 Å². The van der Waals surface area contributed by atoms with Gasteiger partial charge in [-0.3, -0.25) is 0 Å². The molecular weight excluding hydrogens is 249 g/mol. The molecule has 1 aromatic heterocycles. The average molecular weight is 259 g/mol. The maximum absolute atomic E-state index is 10.1. The standard InChI is InChI=1S/C10H9NO.FHO3S/c1-2-11-7-3-5-9(11)10-6-4-8-12-10;1-5(2,3)4/h2-8H,1H2;(H,2,3,4). The molecule has 0 aliphatic carbocycles. The molecule has 1 atom stereocenters. The maximum Gasteiger partial charge on any atom is 0.255 e. The highest BCUT2D eigenvalue weighted by Crippen LogP contribution is 2.11. The monoisotopic (exact) mass is 259 g/mol. The Labute approximate surface area is 98.2 Å². The van der Waals surface area contributed by atoms with Gasteiger partial charge in [-0.25, -0.2) is 13.3 Å². The smallest absolute Gasteiger partial charge is 0.255 e. The molecule has 1 N–H and O–H groups in total. The molecule has 7 heteroatoms. The van der Waals surface area contributed by atoms with E-state index in [0.29, 0.717) is 0 Å². The maximum atomic E-state index is 10.1. The molecule has 0 fully saturated rings. The van der Waals surface area contributed by atoms with Crippen LogP contribution in [0.3, 0.4) is 0 Å². The zero-order valence-electron chi connectivity index (χ0n) is 8.67. The van der Waals surface area contributed by atoms with Crippen LogP contribution in [0, 0.1) is 0 Å². The van der Waals surface area contributed by atoms with Crippen molar-refractivity contribution >= 4 is 16.2 Å². The summed E-state index contributed by atoms with van der Waals surface area (Å²) in [5.41, 5.74) is 1.11. The summed E-state index contributed by atoms with van der Waals surface area (Å²) in [6.45, 7) is 3.73. The molecule has 1 aliphatic rings. The van der Waals surface area contributed by atoms with Crippen LogP contribution in [0.25, 0.3) is 5.70 Å². The van der Waals surface area contributed by atoms with Crippen molar-refractivity contribution in [1.82, 2.24) is 0 Å². The van der Waals surface area contributed by atoms with Crippen molar-refractivity contribution in [1.29, 1.82) is 0 Å². The molecular formula is C10H10FNO4S. The first-order valence-corrected chi connectivity index (χ1v) is 5.80. The Morgan fingerprint density at radius 1 is 1.53 bits per heavy atom. The van der Waals surface area contributed by atoms with Crippen molar-refractivity contribution in [2.75, 3.05) is 0 Å². The number of furan rings is 1. The Bertz CT molecular complexity index is 523. The average Bonchev–Trinajstić information content (AvgIpc) is 2.85. The molecule has 17 heavy (non-hydrogen) atoms. The van der Waals surface area contributed by atoms with Crippen LogP contribution in [0.1, 0.15) is 5.76 Å². The molecule has 5 nitrogen and oxygen atoms in total. The molecule has 0 saturated carbocycles. The lowest BCUT2D eigenvalue weighted by molar-refractivity contribution is -0.702. The Hall–Kier alpha value is -1.70. The first-order valence-electron chi connectivity index (χ1n) is 4.49. The fourth-order valence-electron chi connectivity index (χ4n) is 1.27. The van der Waals surface area contributed by atoms with Gasteiger partial charge in [0.15, 0.2) is 11.5 Å². The third-order valence-electron chi connectivity index (χ3n) is 1.86. The second-order valence-electron chi connectivity index (χ2n) is 2.97. The molecule has 0 radical (unpaired) electrons.